The molecular weight excluding hydrogens is 595 g/mol. The third kappa shape index (κ3) is 4.01. The van der Waals surface area contributed by atoms with Crippen molar-refractivity contribution in [1.29, 1.82) is 0 Å². The van der Waals surface area contributed by atoms with Crippen molar-refractivity contribution in [3.05, 3.63) is 175 Å². The fourth-order valence-corrected chi connectivity index (χ4v) is 8.48. The van der Waals surface area contributed by atoms with Crippen LogP contribution in [0.4, 0.5) is 17.1 Å². The van der Waals surface area contributed by atoms with Gasteiger partial charge in [0, 0.05) is 27.3 Å². The summed E-state index contributed by atoms with van der Waals surface area (Å²) in [5.74, 6) is 0. The molecule has 0 fully saturated rings. The summed E-state index contributed by atoms with van der Waals surface area (Å²) in [5.41, 5.74) is 12.9. The van der Waals surface area contributed by atoms with Gasteiger partial charge in [-0.1, -0.05) is 141 Å². The maximum atomic E-state index is 6.62. The lowest BCUT2D eigenvalue weighted by molar-refractivity contribution is 0.666. The van der Waals surface area contributed by atoms with Gasteiger partial charge < -0.3 is 9.32 Å². The predicted molar refractivity (Wildman–Crippen MR) is 206 cm³/mol. The van der Waals surface area contributed by atoms with Gasteiger partial charge in [-0.2, -0.15) is 0 Å². The van der Waals surface area contributed by atoms with E-state index in [1.807, 2.05) is 6.07 Å². The molecule has 1 aromatic heterocycles. The van der Waals surface area contributed by atoms with E-state index >= 15 is 0 Å². The third-order valence-electron chi connectivity index (χ3n) is 10.6. The zero-order valence-corrected chi connectivity index (χ0v) is 27.4. The van der Waals surface area contributed by atoms with E-state index in [4.69, 9.17) is 4.42 Å². The molecule has 0 spiro atoms. The molecule has 10 rings (SSSR count). The van der Waals surface area contributed by atoms with Crippen molar-refractivity contribution in [2.75, 3.05) is 4.90 Å². The summed E-state index contributed by atoms with van der Waals surface area (Å²) in [7, 11) is 0. The van der Waals surface area contributed by atoms with Crippen molar-refractivity contribution in [3.63, 3.8) is 0 Å². The van der Waals surface area contributed by atoms with Gasteiger partial charge in [-0.05, 0) is 85.9 Å². The first-order valence-electron chi connectivity index (χ1n) is 17.0. The average Bonchev–Trinajstić information content (AvgIpc) is 3.65. The molecule has 0 bridgehead atoms. The summed E-state index contributed by atoms with van der Waals surface area (Å²) in [6.07, 6.45) is 0. The Balaban J connectivity index is 1.27. The van der Waals surface area contributed by atoms with E-state index in [2.05, 4.69) is 176 Å². The Morgan fingerprint density at radius 2 is 1.14 bits per heavy atom. The molecular formula is C47H33NO. The number of benzene rings is 8. The predicted octanol–water partition coefficient (Wildman–Crippen LogP) is 13.3. The molecule has 1 heterocycles. The highest BCUT2D eigenvalue weighted by Gasteiger charge is 2.38. The standard InChI is InChI=1S/C47H33NO/c1-47(2)40-24-12-10-22-38(40)44-39(29-30-15-6-7-18-32(30)45(44)47)34-27-28-41(35-20-9-8-19-33(34)35)48(31-16-4-3-5-17-31)42-25-14-23-37-36-21-11-13-26-43(36)49-46(37)42/h3-29H,1-2H3. The fourth-order valence-electron chi connectivity index (χ4n) is 8.48. The summed E-state index contributed by atoms with van der Waals surface area (Å²) in [6.45, 7) is 4.76. The molecule has 0 aliphatic heterocycles. The second-order valence-electron chi connectivity index (χ2n) is 13.7. The first kappa shape index (κ1) is 27.9. The lowest BCUT2D eigenvalue weighted by atomic mass is 9.79. The van der Waals surface area contributed by atoms with E-state index in [9.17, 15) is 0 Å². The van der Waals surface area contributed by atoms with E-state index in [1.165, 1.54) is 54.9 Å². The van der Waals surface area contributed by atoms with Gasteiger partial charge in [0.2, 0.25) is 0 Å². The van der Waals surface area contributed by atoms with Gasteiger partial charge in [0.1, 0.15) is 5.58 Å². The van der Waals surface area contributed by atoms with Crippen LogP contribution in [-0.2, 0) is 5.41 Å². The zero-order chi connectivity index (χ0) is 32.7. The summed E-state index contributed by atoms with van der Waals surface area (Å²) < 4.78 is 6.62. The van der Waals surface area contributed by atoms with Gasteiger partial charge in [-0.15, -0.1) is 0 Å². The quantitative estimate of drug-likeness (QED) is 0.193. The number of hydrogen-bond acceptors (Lipinski definition) is 2. The average molecular weight is 628 g/mol. The van der Waals surface area contributed by atoms with Crippen molar-refractivity contribution < 1.29 is 4.42 Å². The molecule has 2 nitrogen and oxygen atoms in total. The minimum atomic E-state index is -0.118. The third-order valence-corrected chi connectivity index (χ3v) is 10.6. The minimum Gasteiger partial charge on any atom is -0.454 e. The van der Waals surface area contributed by atoms with Crippen LogP contribution in [-0.4, -0.2) is 0 Å². The number of anilines is 3. The van der Waals surface area contributed by atoms with E-state index in [0.717, 1.165) is 39.0 Å². The van der Waals surface area contributed by atoms with Crippen LogP contribution in [0.1, 0.15) is 25.0 Å². The van der Waals surface area contributed by atoms with Crippen LogP contribution in [0.5, 0.6) is 0 Å². The summed E-state index contributed by atoms with van der Waals surface area (Å²) in [4.78, 5) is 2.36. The number of fused-ring (bicyclic) bond motifs is 9. The van der Waals surface area contributed by atoms with Crippen LogP contribution in [0.15, 0.2) is 168 Å². The molecule has 0 saturated heterocycles. The zero-order valence-electron chi connectivity index (χ0n) is 27.4. The molecule has 2 heteroatoms. The van der Waals surface area contributed by atoms with Gasteiger partial charge in [-0.25, -0.2) is 0 Å². The molecule has 0 saturated carbocycles. The van der Waals surface area contributed by atoms with Crippen molar-refractivity contribution in [1.82, 2.24) is 0 Å². The van der Waals surface area contributed by atoms with Crippen LogP contribution in [0, 0.1) is 0 Å². The summed E-state index contributed by atoms with van der Waals surface area (Å²) >= 11 is 0. The number of rotatable bonds is 4. The van der Waals surface area contributed by atoms with Crippen molar-refractivity contribution in [3.8, 4) is 22.3 Å². The Morgan fingerprint density at radius 3 is 2.00 bits per heavy atom. The fraction of sp³-hybridized carbons (Fsp3) is 0.0638. The molecule has 49 heavy (non-hydrogen) atoms. The second-order valence-corrected chi connectivity index (χ2v) is 13.7. The van der Waals surface area contributed by atoms with Gasteiger partial charge in [0.05, 0.1) is 11.4 Å². The van der Waals surface area contributed by atoms with E-state index in [-0.39, 0.29) is 5.41 Å². The molecule has 8 aromatic carbocycles. The number of nitrogens with zero attached hydrogens (tertiary/aromatic N) is 1. The van der Waals surface area contributed by atoms with Gasteiger partial charge in [0.15, 0.2) is 5.58 Å². The maximum absolute atomic E-state index is 6.62. The molecule has 0 N–H and O–H groups in total. The smallest absolute Gasteiger partial charge is 0.159 e. The second kappa shape index (κ2) is 10.4. The number of hydrogen-bond donors (Lipinski definition) is 0. The van der Waals surface area contributed by atoms with Gasteiger partial charge >= 0.3 is 0 Å². The maximum Gasteiger partial charge on any atom is 0.159 e. The van der Waals surface area contributed by atoms with Crippen LogP contribution < -0.4 is 4.90 Å². The SMILES string of the molecule is CC1(C)c2ccccc2-c2c(-c3ccc(N(c4ccccc4)c4cccc5c4oc4ccccc45)c4ccccc34)cc3ccccc3c21. The van der Waals surface area contributed by atoms with Crippen LogP contribution in [0.3, 0.4) is 0 Å². The molecule has 0 radical (unpaired) electrons. The lowest BCUT2D eigenvalue weighted by Crippen LogP contribution is -2.15. The first-order chi connectivity index (χ1) is 24.1. The highest BCUT2D eigenvalue weighted by atomic mass is 16.3. The Labute approximate surface area is 285 Å². The Bertz CT molecular complexity index is 2750. The first-order valence-corrected chi connectivity index (χ1v) is 17.0. The molecule has 9 aromatic rings. The molecule has 1 aliphatic carbocycles. The summed E-state index contributed by atoms with van der Waals surface area (Å²) in [6, 6.07) is 59.2. The topological polar surface area (TPSA) is 16.4 Å². The van der Waals surface area contributed by atoms with E-state index in [0.29, 0.717) is 0 Å². The van der Waals surface area contributed by atoms with Crippen LogP contribution >= 0.6 is 0 Å². The highest BCUT2D eigenvalue weighted by molar-refractivity contribution is 6.14. The number of para-hydroxylation sites is 3. The minimum absolute atomic E-state index is 0.118. The van der Waals surface area contributed by atoms with E-state index in [1.54, 1.807) is 0 Å². The molecule has 0 atom stereocenters. The Kier molecular flexibility index (Phi) is 5.95. The van der Waals surface area contributed by atoms with E-state index < -0.39 is 0 Å². The Hall–Kier alpha value is -6.12. The molecule has 0 amide bonds. The van der Waals surface area contributed by atoms with Crippen molar-refractivity contribution >= 4 is 60.5 Å². The van der Waals surface area contributed by atoms with Crippen molar-refractivity contribution in [2.24, 2.45) is 0 Å². The van der Waals surface area contributed by atoms with Gasteiger partial charge in [0.25, 0.3) is 0 Å². The largest absolute Gasteiger partial charge is 0.454 e. The van der Waals surface area contributed by atoms with Crippen molar-refractivity contribution in [2.45, 2.75) is 19.3 Å². The highest BCUT2D eigenvalue weighted by Crippen LogP contribution is 2.56. The molecule has 1 aliphatic rings. The number of furan rings is 1. The Morgan fingerprint density at radius 1 is 0.469 bits per heavy atom. The van der Waals surface area contributed by atoms with Gasteiger partial charge in [-0.3, -0.25) is 0 Å². The van der Waals surface area contributed by atoms with Crippen LogP contribution in [0.25, 0.3) is 65.7 Å². The monoisotopic (exact) mass is 627 g/mol. The van der Waals surface area contributed by atoms with Crippen LogP contribution in [0.2, 0.25) is 0 Å². The lowest BCUT2D eigenvalue weighted by Gasteiger charge is -2.28. The normalized spacial score (nSPS) is 13.3. The summed E-state index contributed by atoms with van der Waals surface area (Å²) in [5, 5.41) is 7.25. The molecule has 232 valence electrons. The molecule has 0 unspecified atom stereocenters.